The first-order chi connectivity index (χ1) is 14.4. The summed E-state index contributed by atoms with van der Waals surface area (Å²) >= 11 is 4.07. The van der Waals surface area contributed by atoms with Crippen LogP contribution in [0.5, 0.6) is 0 Å². The molecule has 0 aliphatic rings. The third kappa shape index (κ3) is 5.61. The van der Waals surface area contributed by atoms with Crippen molar-refractivity contribution in [3.8, 4) is 0 Å². The highest BCUT2D eigenvalue weighted by Gasteiger charge is 2.17. The van der Waals surface area contributed by atoms with Gasteiger partial charge in [-0.15, -0.1) is 22.0 Å². The van der Waals surface area contributed by atoms with Gasteiger partial charge in [0.25, 0.3) is 0 Å². The number of nitrogens with zero attached hydrogens (tertiary/aromatic N) is 4. The molecule has 8 nitrogen and oxygen atoms in total. The number of aromatic nitrogens is 4. The third-order valence-electron chi connectivity index (χ3n) is 4.06. The normalized spacial score (nSPS) is 10.8. The van der Waals surface area contributed by atoms with E-state index in [4.69, 9.17) is 4.74 Å². The van der Waals surface area contributed by atoms with Crippen LogP contribution < -0.4 is 5.32 Å². The van der Waals surface area contributed by atoms with E-state index in [1.54, 1.807) is 18.7 Å². The molecule has 2 heterocycles. The monoisotopic (exact) mass is 463 g/mol. The molecule has 0 aliphatic carbocycles. The maximum Gasteiger partial charge on any atom is 0.350 e. The molecule has 0 bridgehead atoms. The summed E-state index contributed by atoms with van der Waals surface area (Å²) in [6.07, 6.45) is 0. The van der Waals surface area contributed by atoms with Gasteiger partial charge in [-0.3, -0.25) is 4.79 Å². The molecular formula is C19H21N5O3S3. The second-order valence-corrected chi connectivity index (χ2v) is 9.31. The molecule has 0 saturated heterocycles. The fourth-order valence-corrected chi connectivity index (χ4v) is 4.90. The fraction of sp³-hybridized carbons (Fsp3) is 0.316. The lowest BCUT2D eigenvalue weighted by molar-refractivity contribution is -0.113. The number of anilines is 1. The summed E-state index contributed by atoms with van der Waals surface area (Å²) in [5, 5.41) is 12.2. The standard InChI is InChI=1S/C19H21N5O3S3/c1-11-5-7-13(8-6-11)28-9-14-22-23-19(24(14)3)29-10-15(25)21-18-20-12(2)16(30-18)17(26)27-4/h5-8H,9-10H2,1-4H3,(H,20,21,25). The van der Waals surface area contributed by atoms with Gasteiger partial charge in [-0.25, -0.2) is 9.78 Å². The van der Waals surface area contributed by atoms with Crippen molar-refractivity contribution < 1.29 is 14.3 Å². The van der Waals surface area contributed by atoms with Crippen LogP contribution in [-0.2, 0) is 22.3 Å². The Balaban J connectivity index is 1.53. The van der Waals surface area contributed by atoms with E-state index in [9.17, 15) is 9.59 Å². The number of nitrogens with one attached hydrogen (secondary N) is 1. The highest BCUT2D eigenvalue weighted by Crippen LogP contribution is 2.25. The molecule has 0 spiro atoms. The summed E-state index contributed by atoms with van der Waals surface area (Å²) < 4.78 is 6.60. The maximum absolute atomic E-state index is 12.3. The van der Waals surface area contributed by atoms with Crippen LogP contribution in [0.1, 0.15) is 26.8 Å². The number of esters is 1. The molecule has 3 aromatic rings. The molecule has 3 rings (SSSR count). The number of thioether (sulfide) groups is 2. The molecule has 0 saturated carbocycles. The Bertz CT molecular complexity index is 1050. The van der Waals surface area contributed by atoms with Gasteiger partial charge in [0.15, 0.2) is 10.3 Å². The second kappa shape index (κ2) is 10.1. The van der Waals surface area contributed by atoms with Gasteiger partial charge in [0.1, 0.15) is 10.7 Å². The number of thiazole rings is 1. The van der Waals surface area contributed by atoms with Crippen LogP contribution in [0.4, 0.5) is 5.13 Å². The average Bonchev–Trinajstić information content (AvgIpc) is 3.27. The van der Waals surface area contributed by atoms with E-state index < -0.39 is 5.97 Å². The molecule has 11 heteroatoms. The van der Waals surface area contributed by atoms with Crippen LogP contribution >= 0.6 is 34.9 Å². The van der Waals surface area contributed by atoms with E-state index in [1.807, 2.05) is 11.6 Å². The molecule has 2 aromatic heterocycles. The van der Waals surface area contributed by atoms with Crippen LogP contribution in [0.15, 0.2) is 34.3 Å². The summed E-state index contributed by atoms with van der Waals surface area (Å²) in [5.41, 5.74) is 1.75. The number of hydrogen-bond acceptors (Lipinski definition) is 9. The van der Waals surface area contributed by atoms with E-state index in [0.29, 0.717) is 26.6 Å². The molecule has 0 atom stereocenters. The van der Waals surface area contributed by atoms with Crippen LogP contribution in [0.2, 0.25) is 0 Å². The largest absolute Gasteiger partial charge is 0.465 e. The van der Waals surface area contributed by atoms with Crippen LogP contribution in [0.3, 0.4) is 0 Å². The van der Waals surface area contributed by atoms with Crippen molar-refractivity contribution in [2.24, 2.45) is 7.05 Å². The number of benzene rings is 1. The van der Waals surface area contributed by atoms with Gasteiger partial charge >= 0.3 is 5.97 Å². The number of carbonyl (C=O) groups is 2. The number of aryl methyl sites for hydroxylation is 2. The van der Waals surface area contributed by atoms with Gasteiger partial charge in [0.05, 0.1) is 24.3 Å². The van der Waals surface area contributed by atoms with E-state index >= 15 is 0 Å². The molecule has 1 N–H and O–H groups in total. The summed E-state index contributed by atoms with van der Waals surface area (Å²) in [6, 6.07) is 8.33. The van der Waals surface area contributed by atoms with Crippen molar-refractivity contribution >= 4 is 51.9 Å². The summed E-state index contributed by atoms with van der Waals surface area (Å²) in [4.78, 5) is 29.7. The minimum atomic E-state index is -0.463. The Morgan fingerprint density at radius 3 is 2.60 bits per heavy atom. The predicted octanol–water partition coefficient (Wildman–Crippen LogP) is 3.70. The fourth-order valence-electron chi connectivity index (χ4n) is 2.40. The Hall–Kier alpha value is -2.37. The van der Waals surface area contributed by atoms with Gasteiger partial charge in [-0.2, -0.15) is 0 Å². The lowest BCUT2D eigenvalue weighted by atomic mass is 10.2. The van der Waals surface area contributed by atoms with Gasteiger partial charge in [0.2, 0.25) is 5.91 Å². The van der Waals surface area contributed by atoms with E-state index in [1.165, 1.54) is 29.3 Å². The summed E-state index contributed by atoms with van der Waals surface area (Å²) in [6.45, 7) is 3.76. The molecule has 1 aromatic carbocycles. The first-order valence-electron chi connectivity index (χ1n) is 8.93. The van der Waals surface area contributed by atoms with Crippen molar-refractivity contribution in [2.45, 2.75) is 29.7 Å². The number of rotatable bonds is 8. The minimum absolute atomic E-state index is 0.156. The van der Waals surface area contributed by atoms with Crippen LogP contribution in [0.25, 0.3) is 0 Å². The van der Waals surface area contributed by atoms with Crippen molar-refractivity contribution in [2.75, 3.05) is 18.2 Å². The van der Waals surface area contributed by atoms with Crippen molar-refractivity contribution in [1.82, 2.24) is 19.7 Å². The molecule has 0 aliphatic heterocycles. The SMILES string of the molecule is COC(=O)c1sc(NC(=O)CSc2nnc(CSc3ccc(C)cc3)n2C)nc1C. The average molecular weight is 464 g/mol. The zero-order valence-corrected chi connectivity index (χ0v) is 19.4. The number of methoxy groups -OCH3 is 1. The second-order valence-electron chi connectivity index (χ2n) is 6.32. The first-order valence-corrected chi connectivity index (χ1v) is 11.7. The van der Waals surface area contributed by atoms with Crippen LogP contribution in [-0.4, -0.2) is 44.5 Å². The number of ether oxygens (including phenoxy) is 1. The molecular weight excluding hydrogens is 442 g/mol. The predicted molar refractivity (Wildman–Crippen MR) is 119 cm³/mol. The Morgan fingerprint density at radius 1 is 1.17 bits per heavy atom. The number of carbonyl (C=O) groups excluding carboxylic acids is 2. The topological polar surface area (TPSA) is 99.0 Å². The Morgan fingerprint density at radius 2 is 1.90 bits per heavy atom. The third-order valence-corrected chi connectivity index (χ3v) is 7.14. The minimum Gasteiger partial charge on any atom is -0.465 e. The van der Waals surface area contributed by atoms with Crippen molar-refractivity contribution in [3.63, 3.8) is 0 Å². The smallest absolute Gasteiger partial charge is 0.350 e. The van der Waals surface area contributed by atoms with E-state index in [-0.39, 0.29) is 11.7 Å². The Kier molecular flexibility index (Phi) is 7.51. The van der Waals surface area contributed by atoms with Gasteiger partial charge in [-0.05, 0) is 26.0 Å². The van der Waals surface area contributed by atoms with Crippen LogP contribution in [0, 0.1) is 13.8 Å². The van der Waals surface area contributed by atoms with Crippen molar-refractivity contribution in [1.29, 1.82) is 0 Å². The van der Waals surface area contributed by atoms with Gasteiger partial charge in [0, 0.05) is 11.9 Å². The van der Waals surface area contributed by atoms with Gasteiger partial charge < -0.3 is 14.6 Å². The molecule has 158 valence electrons. The number of hydrogen-bond donors (Lipinski definition) is 1. The maximum atomic E-state index is 12.3. The molecule has 0 radical (unpaired) electrons. The summed E-state index contributed by atoms with van der Waals surface area (Å²) in [5.74, 6) is 0.984. The highest BCUT2D eigenvalue weighted by atomic mass is 32.2. The van der Waals surface area contributed by atoms with Gasteiger partial charge in [-0.1, -0.05) is 40.8 Å². The highest BCUT2D eigenvalue weighted by molar-refractivity contribution is 7.99. The van der Waals surface area contributed by atoms with E-state index in [0.717, 1.165) is 17.2 Å². The molecule has 30 heavy (non-hydrogen) atoms. The Labute approximate surface area is 186 Å². The zero-order chi connectivity index (χ0) is 21.7. The zero-order valence-electron chi connectivity index (χ0n) is 17.0. The first kappa shape index (κ1) is 22.3. The molecule has 0 unspecified atom stereocenters. The lowest BCUT2D eigenvalue weighted by Crippen LogP contribution is -2.14. The lowest BCUT2D eigenvalue weighted by Gasteiger charge is -2.04. The molecule has 0 fully saturated rings. The molecule has 1 amide bonds. The summed E-state index contributed by atoms with van der Waals surface area (Å²) in [7, 11) is 3.20. The van der Waals surface area contributed by atoms with Crippen molar-refractivity contribution in [3.05, 3.63) is 46.2 Å². The van der Waals surface area contributed by atoms with E-state index in [2.05, 4.69) is 51.7 Å². The number of amides is 1. The quantitative estimate of drug-likeness (QED) is 0.399.